The highest BCUT2D eigenvalue weighted by atomic mass is 19.1. The Kier molecular flexibility index (Phi) is 5.45. The van der Waals surface area contributed by atoms with Crippen LogP contribution in [-0.4, -0.2) is 41.9 Å². The van der Waals surface area contributed by atoms with Crippen LogP contribution in [0.15, 0.2) is 24.3 Å². The first-order valence-corrected chi connectivity index (χ1v) is 8.67. The summed E-state index contributed by atoms with van der Waals surface area (Å²) in [4.78, 5) is 26.0. The van der Waals surface area contributed by atoms with Gasteiger partial charge >= 0.3 is 0 Å². The number of hydrogen-bond acceptors (Lipinski definition) is 3. The van der Waals surface area contributed by atoms with Crippen molar-refractivity contribution in [2.24, 2.45) is 0 Å². The molecular formula is C18H24FN3O2. The summed E-state index contributed by atoms with van der Waals surface area (Å²) in [6.45, 7) is 2.39. The first kappa shape index (κ1) is 16.9. The summed E-state index contributed by atoms with van der Waals surface area (Å²) in [6, 6.07) is 6.33. The summed E-state index contributed by atoms with van der Waals surface area (Å²) in [7, 11) is 0. The van der Waals surface area contributed by atoms with Crippen molar-refractivity contribution >= 4 is 11.8 Å². The van der Waals surface area contributed by atoms with E-state index in [2.05, 4.69) is 15.5 Å². The number of nitrogens with zero attached hydrogens (tertiary/aromatic N) is 1. The predicted octanol–water partition coefficient (Wildman–Crippen LogP) is 1.57. The second-order valence-corrected chi connectivity index (χ2v) is 6.73. The molecule has 2 saturated heterocycles. The zero-order valence-corrected chi connectivity index (χ0v) is 13.8. The molecule has 130 valence electrons. The largest absolute Gasteiger partial charge is 0.350 e. The molecule has 0 spiro atoms. The van der Waals surface area contributed by atoms with Crippen LogP contribution in [0.4, 0.5) is 4.39 Å². The number of likely N-dealkylation sites (tertiary alicyclic amines) is 1. The Morgan fingerprint density at radius 2 is 2.21 bits per heavy atom. The Bertz CT molecular complexity index is 608. The van der Waals surface area contributed by atoms with Crippen LogP contribution in [0.3, 0.4) is 0 Å². The number of carbonyl (C=O) groups is 2. The van der Waals surface area contributed by atoms with Crippen molar-refractivity contribution in [1.29, 1.82) is 0 Å². The molecule has 1 aromatic rings. The van der Waals surface area contributed by atoms with Gasteiger partial charge < -0.3 is 10.6 Å². The molecular weight excluding hydrogens is 309 g/mol. The third-order valence-electron chi connectivity index (χ3n) is 4.70. The standard InChI is InChI=1S/C18H24FN3O2/c19-14-5-1-4-13(10-14)11-22-9-3-6-15(12-22)20-18(24)16-7-2-8-17(23)21-16/h1,4-5,10,15-16H,2-3,6-9,11-12H2,(H,20,24)(H,21,23)/t15-,16-/m1/s1. The Morgan fingerprint density at radius 1 is 1.33 bits per heavy atom. The number of halogens is 1. The van der Waals surface area contributed by atoms with E-state index in [9.17, 15) is 14.0 Å². The number of piperidine rings is 2. The van der Waals surface area contributed by atoms with Crippen LogP contribution < -0.4 is 10.6 Å². The minimum Gasteiger partial charge on any atom is -0.350 e. The molecule has 2 amide bonds. The molecule has 24 heavy (non-hydrogen) atoms. The molecule has 0 aliphatic carbocycles. The molecule has 1 aromatic carbocycles. The lowest BCUT2D eigenvalue weighted by Crippen LogP contribution is -2.54. The van der Waals surface area contributed by atoms with Gasteiger partial charge in [-0.1, -0.05) is 12.1 Å². The third kappa shape index (κ3) is 4.54. The smallest absolute Gasteiger partial charge is 0.242 e. The van der Waals surface area contributed by atoms with Crippen molar-refractivity contribution in [3.05, 3.63) is 35.6 Å². The van der Waals surface area contributed by atoms with Gasteiger partial charge in [0.15, 0.2) is 0 Å². The average Bonchev–Trinajstić information content (AvgIpc) is 2.55. The highest BCUT2D eigenvalue weighted by molar-refractivity contribution is 5.88. The monoisotopic (exact) mass is 333 g/mol. The number of benzene rings is 1. The first-order valence-electron chi connectivity index (χ1n) is 8.67. The Balaban J connectivity index is 1.51. The maximum absolute atomic E-state index is 13.3. The topological polar surface area (TPSA) is 61.4 Å². The quantitative estimate of drug-likeness (QED) is 0.879. The Labute approximate surface area is 141 Å². The molecule has 0 saturated carbocycles. The van der Waals surface area contributed by atoms with E-state index >= 15 is 0 Å². The zero-order chi connectivity index (χ0) is 16.9. The molecule has 0 bridgehead atoms. The molecule has 2 fully saturated rings. The van der Waals surface area contributed by atoms with Crippen LogP contribution in [0, 0.1) is 5.82 Å². The van der Waals surface area contributed by atoms with Gasteiger partial charge in [-0.05, 0) is 49.9 Å². The zero-order valence-electron chi connectivity index (χ0n) is 13.8. The maximum atomic E-state index is 13.3. The van der Waals surface area contributed by atoms with Crippen molar-refractivity contribution in [3.63, 3.8) is 0 Å². The second-order valence-electron chi connectivity index (χ2n) is 6.73. The van der Waals surface area contributed by atoms with Gasteiger partial charge in [0, 0.05) is 25.6 Å². The highest BCUT2D eigenvalue weighted by Gasteiger charge is 2.28. The van der Waals surface area contributed by atoms with Gasteiger partial charge in [-0.15, -0.1) is 0 Å². The highest BCUT2D eigenvalue weighted by Crippen LogP contribution is 2.15. The Morgan fingerprint density at radius 3 is 3.00 bits per heavy atom. The molecule has 6 heteroatoms. The van der Waals surface area contributed by atoms with Gasteiger partial charge in [0.05, 0.1) is 0 Å². The SMILES string of the molecule is O=C1CCC[C@H](C(=O)N[C@@H]2CCCN(Cc3cccc(F)c3)C2)N1. The molecule has 0 radical (unpaired) electrons. The fourth-order valence-electron chi connectivity index (χ4n) is 3.51. The van der Waals surface area contributed by atoms with Crippen LogP contribution in [0.2, 0.25) is 0 Å². The molecule has 0 unspecified atom stereocenters. The summed E-state index contributed by atoms with van der Waals surface area (Å²) in [6.07, 6.45) is 3.91. The van der Waals surface area contributed by atoms with Crippen LogP contribution in [0.5, 0.6) is 0 Å². The number of carbonyl (C=O) groups excluding carboxylic acids is 2. The van der Waals surface area contributed by atoms with Crippen molar-refractivity contribution in [3.8, 4) is 0 Å². The number of nitrogens with one attached hydrogen (secondary N) is 2. The van der Waals surface area contributed by atoms with Crippen LogP contribution in [-0.2, 0) is 16.1 Å². The van der Waals surface area contributed by atoms with Gasteiger partial charge in [-0.2, -0.15) is 0 Å². The van der Waals surface area contributed by atoms with Crippen LogP contribution >= 0.6 is 0 Å². The van der Waals surface area contributed by atoms with Crippen molar-refractivity contribution in [2.45, 2.75) is 50.7 Å². The van der Waals surface area contributed by atoms with Gasteiger partial charge in [0.1, 0.15) is 11.9 Å². The van der Waals surface area contributed by atoms with Crippen molar-refractivity contribution in [1.82, 2.24) is 15.5 Å². The fourth-order valence-corrected chi connectivity index (χ4v) is 3.51. The summed E-state index contributed by atoms with van der Waals surface area (Å²) in [5.74, 6) is -0.346. The van der Waals surface area contributed by atoms with E-state index < -0.39 is 6.04 Å². The lowest BCUT2D eigenvalue weighted by atomic mass is 10.0. The number of hydrogen-bond donors (Lipinski definition) is 2. The normalized spacial score (nSPS) is 25.1. The van der Waals surface area contributed by atoms with Crippen LogP contribution in [0.25, 0.3) is 0 Å². The van der Waals surface area contributed by atoms with E-state index in [0.29, 0.717) is 19.4 Å². The first-order chi connectivity index (χ1) is 11.6. The number of rotatable bonds is 4. The van der Waals surface area contributed by atoms with E-state index in [1.54, 1.807) is 12.1 Å². The molecule has 5 nitrogen and oxygen atoms in total. The lowest BCUT2D eigenvalue weighted by molar-refractivity contribution is -0.131. The second kappa shape index (κ2) is 7.75. The third-order valence-corrected chi connectivity index (χ3v) is 4.70. The Hall–Kier alpha value is -1.95. The van der Waals surface area contributed by atoms with Crippen molar-refractivity contribution in [2.75, 3.05) is 13.1 Å². The van der Waals surface area contributed by atoms with Gasteiger partial charge in [0.2, 0.25) is 11.8 Å². The molecule has 2 atom stereocenters. The summed E-state index contributed by atoms with van der Waals surface area (Å²) >= 11 is 0. The minimum absolute atomic E-state index is 0.0437. The van der Waals surface area contributed by atoms with E-state index in [1.807, 2.05) is 6.07 Å². The molecule has 2 heterocycles. The fraction of sp³-hybridized carbons (Fsp3) is 0.556. The van der Waals surface area contributed by atoms with E-state index in [4.69, 9.17) is 0 Å². The predicted molar refractivity (Wildman–Crippen MR) is 88.6 cm³/mol. The summed E-state index contributed by atoms with van der Waals surface area (Å²) in [5, 5.41) is 5.82. The van der Waals surface area contributed by atoms with E-state index in [1.165, 1.54) is 6.07 Å². The van der Waals surface area contributed by atoms with Gasteiger partial charge in [-0.3, -0.25) is 14.5 Å². The lowest BCUT2D eigenvalue weighted by Gasteiger charge is -2.34. The van der Waals surface area contributed by atoms with Crippen molar-refractivity contribution < 1.29 is 14.0 Å². The number of amides is 2. The summed E-state index contributed by atoms with van der Waals surface area (Å²) in [5.41, 5.74) is 0.946. The molecule has 2 N–H and O–H groups in total. The van der Waals surface area contributed by atoms with Crippen LogP contribution in [0.1, 0.15) is 37.7 Å². The molecule has 3 rings (SSSR count). The molecule has 2 aliphatic rings. The molecule has 0 aromatic heterocycles. The average molecular weight is 333 g/mol. The van der Waals surface area contributed by atoms with E-state index in [0.717, 1.165) is 37.9 Å². The van der Waals surface area contributed by atoms with Gasteiger partial charge in [0.25, 0.3) is 0 Å². The summed E-state index contributed by atoms with van der Waals surface area (Å²) < 4.78 is 13.3. The van der Waals surface area contributed by atoms with Gasteiger partial charge in [-0.25, -0.2) is 4.39 Å². The van der Waals surface area contributed by atoms with E-state index in [-0.39, 0.29) is 23.7 Å². The maximum Gasteiger partial charge on any atom is 0.242 e. The molecule has 2 aliphatic heterocycles. The minimum atomic E-state index is -0.398.